The van der Waals surface area contributed by atoms with E-state index in [1.807, 2.05) is 0 Å². The molecule has 0 aromatic heterocycles. The van der Waals surface area contributed by atoms with Gasteiger partial charge in [-0.05, 0) is 28.1 Å². The van der Waals surface area contributed by atoms with Crippen LogP contribution >= 0.6 is 15.9 Å². The van der Waals surface area contributed by atoms with Crippen molar-refractivity contribution in [1.29, 1.82) is 0 Å². The Kier molecular flexibility index (Phi) is 2.31. The van der Waals surface area contributed by atoms with Crippen molar-refractivity contribution >= 4 is 26.0 Å². The summed E-state index contributed by atoms with van der Waals surface area (Å²) < 4.78 is 30.1. The van der Waals surface area contributed by atoms with Crippen LogP contribution in [0.4, 0.5) is 0 Å². The summed E-state index contributed by atoms with van der Waals surface area (Å²) in [4.78, 5) is -0.111. The van der Waals surface area contributed by atoms with E-state index in [2.05, 4.69) is 15.9 Å². The molecule has 0 saturated heterocycles. The molecule has 11 heavy (non-hydrogen) atoms. The summed E-state index contributed by atoms with van der Waals surface area (Å²) in [5, 5.41) is 0. The monoisotopic (exact) mass is 236 g/mol. The second-order valence-electron chi connectivity index (χ2n) is 1.91. The van der Waals surface area contributed by atoms with Gasteiger partial charge >= 0.3 is 0 Å². The molecule has 1 aromatic rings. The molecule has 0 atom stereocenters. The van der Waals surface area contributed by atoms with Crippen LogP contribution in [0.1, 0.15) is 0 Å². The Balaban J connectivity index is 3.37. The van der Waals surface area contributed by atoms with Gasteiger partial charge in [0, 0.05) is 4.47 Å². The predicted octanol–water partition coefficient (Wildman–Crippen LogP) is 1.70. The highest BCUT2D eigenvalue weighted by molar-refractivity contribution is 9.10. The first-order chi connectivity index (χ1) is 5.02. The molecule has 0 fully saturated rings. The standard InChI is InChI=1S/C6H5BrO3S/c7-5-3-1-2-4-6(5)11(8,9)10/h1-4H,(H,8,9,10). The van der Waals surface area contributed by atoms with Crippen LogP contribution < -0.4 is 0 Å². The van der Waals surface area contributed by atoms with Crippen LogP contribution in [0.3, 0.4) is 0 Å². The van der Waals surface area contributed by atoms with Crippen molar-refractivity contribution in [1.82, 2.24) is 0 Å². The summed E-state index contributed by atoms with van der Waals surface area (Å²) in [5.74, 6) is 0. The lowest BCUT2D eigenvalue weighted by molar-refractivity contribution is 0.482. The molecular weight excluding hydrogens is 232 g/mol. The molecule has 0 bridgehead atoms. The number of benzene rings is 1. The third-order valence-corrected chi connectivity index (χ3v) is 2.98. The van der Waals surface area contributed by atoms with Crippen LogP contribution in [-0.4, -0.2) is 13.0 Å². The summed E-state index contributed by atoms with van der Waals surface area (Å²) in [6.45, 7) is 0. The topological polar surface area (TPSA) is 54.4 Å². The Morgan fingerprint density at radius 2 is 1.82 bits per heavy atom. The molecule has 0 aliphatic heterocycles. The fourth-order valence-corrected chi connectivity index (χ4v) is 2.12. The van der Waals surface area contributed by atoms with E-state index < -0.39 is 10.1 Å². The largest absolute Gasteiger partial charge is 0.295 e. The van der Waals surface area contributed by atoms with E-state index in [4.69, 9.17) is 4.55 Å². The van der Waals surface area contributed by atoms with E-state index in [-0.39, 0.29) is 4.90 Å². The van der Waals surface area contributed by atoms with Gasteiger partial charge in [-0.25, -0.2) is 0 Å². The smallest absolute Gasteiger partial charge is 0.282 e. The van der Waals surface area contributed by atoms with Crippen molar-refractivity contribution in [2.75, 3.05) is 0 Å². The van der Waals surface area contributed by atoms with Gasteiger partial charge in [-0.15, -0.1) is 0 Å². The molecular formula is C6H5BrO3S. The second-order valence-corrected chi connectivity index (χ2v) is 4.15. The van der Waals surface area contributed by atoms with Gasteiger partial charge in [-0.1, -0.05) is 12.1 Å². The van der Waals surface area contributed by atoms with Gasteiger partial charge in [-0.2, -0.15) is 8.42 Å². The van der Waals surface area contributed by atoms with Gasteiger partial charge in [0.05, 0.1) is 0 Å². The first-order valence-electron chi connectivity index (χ1n) is 2.74. The lowest BCUT2D eigenvalue weighted by Crippen LogP contribution is -1.98. The summed E-state index contributed by atoms with van der Waals surface area (Å²) in [6, 6.07) is 6.06. The highest BCUT2D eigenvalue weighted by Gasteiger charge is 2.11. The second kappa shape index (κ2) is 2.92. The molecule has 0 aliphatic rings. The lowest BCUT2D eigenvalue weighted by Gasteiger charge is -1.97. The van der Waals surface area contributed by atoms with E-state index in [1.54, 1.807) is 12.1 Å². The number of halogens is 1. The fourth-order valence-electron chi connectivity index (χ4n) is 0.654. The maximum atomic E-state index is 10.6. The summed E-state index contributed by atoms with van der Waals surface area (Å²) in [6.07, 6.45) is 0. The fraction of sp³-hybridized carbons (Fsp3) is 0. The highest BCUT2D eigenvalue weighted by Crippen LogP contribution is 2.20. The van der Waals surface area contributed by atoms with Crippen molar-refractivity contribution in [3.05, 3.63) is 28.7 Å². The van der Waals surface area contributed by atoms with Crippen LogP contribution in [0.15, 0.2) is 33.6 Å². The summed E-state index contributed by atoms with van der Waals surface area (Å²) >= 11 is 2.99. The van der Waals surface area contributed by atoms with Gasteiger partial charge in [0.2, 0.25) is 0 Å². The maximum absolute atomic E-state index is 10.6. The molecule has 5 heteroatoms. The highest BCUT2D eigenvalue weighted by atomic mass is 79.9. The van der Waals surface area contributed by atoms with Gasteiger partial charge in [0.15, 0.2) is 0 Å². The molecule has 0 amide bonds. The molecule has 1 rings (SSSR count). The van der Waals surface area contributed by atoms with Gasteiger partial charge in [0.1, 0.15) is 4.90 Å². The zero-order valence-corrected chi connectivity index (χ0v) is 7.76. The quantitative estimate of drug-likeness (QED) is 0.756. The van der Waals surface area contributed by atoms with Crippen molar-refractivity contribution < 1.29 is 13.0 Å². The average Bonchev–Trinajstić information content (AvgIpc) is 1.86. The zero-order valence-electron chi connectivity index (χ0n) is 5.36. The average molecular weight is 237 g/mol. The summed E-state index contributed by atoms with van der Waals surface area (Å²) in [5.41, 5.74) is 0. The minimum absolute atomic E-state index is 0.111. The summed E-state index contributed by atoms with van der Waals surface area (Å²) in [7, 11) is -4.08. The molecule has 1 aromatic carbocycles. The van der Waals surface area contributed by atoms with E-state index in [1.165, 1.54) is 12.1 Å². The van der Waals surface area contributed by atoms with Gasteiger partial charge in [0.25, 0.3) is 10.1 Å². The molecule has 0 radical (unpaired) electrons. The molecule has 3 nitrogen and oxygen atoms in total. The first kappa shape index (κ1) is 8.70. The minimum Gasteiger partial charge on any atom is -0.282 e. The molecule has 0 saturated carbocycles. The SMILES string of the molecule is O=S(=O)(O)c1ccccc1Br. The zero-order chi connectivity index (χ0) is 8.48. The Hall–Kier alpha value is -0.390. The number of hydrogen-bond acceptors (Lipinski definition) is 2. The van der Waals surface area contributed by atoms with Crippen LogP contribution in [0.25, 0.3) is 0 Å². The minimum atomic E-state index is -4.08. The van der Waals surface area contributed by atoms with Gasteiger partial charge < -0.3 is 0 Å². The number of hydrogen-bond donors (Lipinski definition) is 1. The maximum Gasteiger partial charge on any atom is 0.295 e. The number of rotatable bonds is 1. The van der Waals surface area contributed by atoms with Crippen molar-refractivity contribution in [3.63, 3.8) is 0 Å². The van der Waals surface area contributed by atoms with E-state index in [0.29, 0.717) is 4.47 Å². The molecule has 1 N–H and O–H groups in total. The Labute approximate surface area is 72.9 Å². The first-order valence-corrected chi connectivity index (χ1v) is 4.97. The van der Waals surface area contributed by atoms with Crippen molar-refractivity contribution in [3.8, 4) is 0 Å². The van der Waals surface area contributed by atoms with E-state index in [9.17, 15) is 8.42 Å². The van der Waals surface area contributed by atoms with Crippen molar-refractivity contribution in [2.45, 2.75) is 4.90 Å². The van der Waals surface area contributed by atoms with Crippen LogP contribution in [-0.2, 0) is 10.1 Å². The predicted molar refractivity (Wildman–Crippen MR) is 44.0 cm³/mol. The van der Waals surface area contributed by atoms with Crippen LogP contribution in [0.5, 0.6) is 0 Å². The van der Waals surface area contributed by atoms with Gasteiger partial charge in [-0.3, -0.25) is 4.55 Å². The van der Waals surface area contributed by atoms with Crippen LogP contribution in [0, 0.1) is 0 Å². The third-order valence-electron chi connectivity index (χ3n) is 1.11. The Bertz CT molecular complexity index is 358. The van der Waals surface area contributed by atoms with Crippen LogP contribution in [0.2, 0.25) is 0 Å². The Morgan fingerprint density at radius 3 is 2.18 bits per heavy atom. The molecule has 0 aliphatic carbocycles. The van der Waals surface area contributed by atoms with E-state index in [0.717, 1.165) is 0 Å². The normalized spacial score (nSPS) is 11.5. The third kappa shape index (κ3) is 2.02. The molecule has 0 heterocycles. The Morgan fingerprint density at radius 1 is 1.27 bits per heavy atom. The lowest BCUT2D eigenvalue weighted by atomic mass is 10.4. The molecule has 0 unspecified atom stereocenters. The molecule has 60 valence electrons. The van der Waals surface area contributed by atoms with Crippen molar-refractivity contribution in [2.24, 2.45) is 0 Å². The van der Waals surface area contributed by atoms with E-state index >= 15 is 0 Å². The molecule has 0 spiro atoms.